The highest BCUT2D eigenvalue weighted by atomic mass is 14.6. The van der Waals surface area contributed by atoms with E-state index in [1.165, 1.54) is 12.8 Å². The van der Waals surface area contributed by atoms with Gasteiger partial charge in [0, 0.05) is 0 Å². The topological polar surface area (TPSA) is 0 Å². The molecule has 0 aliphatic heterocycles. The SMILES string of the molecule is CC1CC2CC(C1(C)C)C2(C)C. The van der Waals surface area contributed by atoms with E-state index in [2.05, 4.69) is 34.6 Å². The molecule has 0 nitrogen and oxygen atoms in total. The average Bonchev–Trinajstić information content (AvgIpc) is 1.93. The minimum atomic E-state index is 0.595. The highest BCUT2D eigenvalue weighted by Crippen LogP contribution is 2.67. The van der Waals surface area contributed by atoms with Crippen LogP contribution in [-0.2, 0) is 0 Å². The molecule has 0 aromatic carbocycles. The standard InChI is InChI=1S/C12H22/c1-8-6-9-7-10(11(8,2)3)12(9,4)5/h8-10H,6-7H2,1-5H3. The van der Waals surface area contributed by atoms with E-state index in [-0.39, 0.29) is 0 Å². The highest BCUT2D eigenvalue weighted by molar-refractivity contribution is 5.08. The van der Waals surface area contributed by atoms with Crippen LogP contribution in [0, 0.1) is 28.6 Å². The number of hydrogen-bond donors (Lipinski definition) is 0. The van der Waals surface area contributed by atoms with Crippen molar-refractivity contribution in [1.29, 1.82) is 0 Å². The van der Waals surface area contributed by atoms with E-state index in [1.807, 2.05) is 0 Å². The molecule has 0 heterocycles. The molecule has 2 bridgehead atoms. The van der Waals surface area contributed by atoms with E-state index in [0.29, 0.717) is 10.8 Å². The molecule has 3 fully saturated rings. The van der Waals surface area contributed by atoms with Gasteiger partial charge in [-0.2, -0.15) is 0 Å². The van der Waals surface area contributed by atoms with E-state index in [4.69, 9.17) is 0 Å². The molecule has 0 amide bonds. The summed E-state index contributed by atoms with van der Waals surface area (Å²) in [6.07, 6.45) is 2.97. The summed E-state index contributed by atoms with van der Waals surface area (Å²) in [6, 6.07) is 0. The summed E-state index contributed by atoms with van der Waals surface area (Å²) in [5.41, 5.74) is 1.24. The second kappa shape index (κ2) is 2.08. The van der Waals surface area contributed by atoms with Gasteiger partial charge in [-0.3, -0.25) is 0 Å². The molecule has 0 aromatic rings. The van der Waals surface area contributed by atoms with Gasteiger partial charge < -0.3 is 0 Å². The van der Waals surface area contributed by atoms with Crippen molar-refractivity contribution in [3.8, 4) is 0 Å². The van der Waals surface area contributed by atoms with Crippen LogP contribution in [0.2, 0.25) is 0 Å². The summed E-state index contributed by atoms with van der Waals surface area (Å²) >= 11 is 0. The third-order valence-electron chi connectivity index (χ3n) is 5.28. The van der Waals surface area contributed by atoms with Gasteiger partial charge in [-0.25, -0.2) is 0 Å². The van der Waals surface area contributed by atoms with E-state index < -0.39 is 0 Å². The van der Waals surface area contributed by atoms with Crippen molar-refractivity contribution in [2.24, 2.45) is 28.6 Å². The van der Waals surface area contributed by atoms with Crippen LogP contribution >= 0.6 is 0 Å². The Balaban J connectivity index is 2.27. The predicted octanol–water partition coefficient (Wildman–Crippen LogP) is 3.71. The van der Waals surface area contributed by atoms with Gasteiger partial charge in [0.05, 0.1) is 0 Å². The molecule has 3 unspecified atom stereocenters. The van der Waals surface area contributed by atoms with E-state index >= 15 is 0 Å². The van der Waals surface area contributed by atoms with Crippen LogP contribution in [0.15, 0.2) is 0 Å². The summed E-state index contributed by atoms with van der Waals surface area (Å²) in [6.45, 7) is 12.3. The predicted molar refractivity (Wildman–Crippen MR) is 52.9 cm³/mol. The van der Waals surface area contributed by atoms with Gasteiger partial charge in [0.15, 0.2) is 0 Å². The van der Waals surface area contributed by atoms with Gasteiger partial charge in [-0.05, 0) is 41.4 Å². The molecule has 3 aliphatic carbocycles. The van der Waals surface area contributed by atoms with Crippen LogP contribution in [0.4, 0.5) is 0 Å². The van der Waals surface area contributed by atoms with Crippen molar-refractivity contribution in [2.75, 3.05) is 0 Å². The second-order valence-electron chi connectivity index (χ2n) is 6.26. The minimum Gasteiger partial charge on any atom is -0.0620 e. The lowest BCUT2D eigenvalue weighted by molar-refractivity contribution is -0.170. The Morgan fingerprint density at radius 2 is 1.50 bits per heavy atom. The van der Waals surface area contributed by atoms with Gasteiger partial charge >= 0.3 is 0 Å². The summed E-state index contributed by atoms with van der Waals surface area (Å²) in [5, 5.41) is 0. The van der Waals surface area contributed by atoms with E-state index in [9.17, 15) is 0 Å². The van der Waals surface area contributed by atoms with Crippen molar-refractivity contribution < 1.29 is 0 Å². The second-order valence-corrected chi connectivity index (χ2v) is 6.26. The van der Waals surface area contributed by atoms with Crippen molar-refractivity contribution in [3.05, 3.63) is 0 Å². The van der Waals surface area contributed by atoms with E-state index in [1.54, 1.807) is 0 Å². The molecule has 0 radical (unpaired) electrons. The fourth-order valence-electron chi connectivity index (χ4n) is 3.75. The van der Waals surface area contributed by atoms with Crippen molar-refractivity contribution in [2.45, 2.75) is 47.5 Å². The Hall–Kier alpha value is 0. The minimum absolute atomic E-state index is 0.595. The molecule has 3 rings (SSSR count). The first kappa shape index (κ1) is 8.59. The number of rotatable bonds is 0. The van der Waals surface area contributed by atoms with Crippen LogP contribution in [-0.4, -0.2) is 0 Å². The van der Waals surface area contributed by atoms with Crippen LogP contribution in [0.25, 0.3) is 0 Å². The van der Waals surface area contributed by atoms with Gasteiger partial charge in [0.2, 0.25) is 0 Å². The van der Waals surface area contributed by atoms with Crippen LogP contribution in [0.5, 0.6) is 0 Å². The molecule has 0 aromatic heterocycles. The van der Waals surface area contributed by atoms with Crippen LogP contribution in [0.1, 0.15) is 47.5 Å². The quantitative estimate of drug-likeness (QED) is 0.514. The Morgan fingerprint density at radius 3 is 1.83 bits per heavy atom. The third-order valence-corrected chi connectivity index (χ3v) is 5.28. The Labute approximate surface area is 76.7 Å². The fourth-order valence-corrected chi connectivity index (χ4v) is 3.75. The maximum atomic E-state index is 2.47. The molecule has 3 atom stereocenters. The zero-order chi connectivity index (χ0) is 9.15. The molecule has 12 heavy (non-hydrogen) atoms. The zero-order valence-electron chi connectivity index (χ0n) is 9.15. The van der Waals surface area contributed by atoms with Crippen LogP contribution in [0.3, 0.4) is 0 Å². The first-order valence-electron chi connectivity index (χ1n) is 5.37. The lowest BCUT2D eigenvalue weighted by Gasteiger charge is -2.66. The Morgan fingerprint density at radius 1 is 0.917 bits per heavy atom. The number of hydrogen-bond acceptors (Lipinski definition) is 0. The molecule has 0 spiro atoms. The lowest BCUT2D eigenvalue weighted by atomic mass is 9.39. The largest absolute Gasteiger partial charge is 0.0620 e. The molecular weight excluding hydrogens is 144 g/mol. The maximum Gasteiger partial charge on any atom is -0.0292 e. The molecular formula is C12H22. The smallest absolute Gasteiger partial charge is 0.0292 e. The van der Waals surface area contributed by atoms with Gasteiger partial charge in [-0.1, -0.05) is 34.6 Å². The molecule has 3 aliphatic rings. The summed E-state index contributed by atoms with van der Waals surface area (Å²) in [7, 11) is 0. The molecule has 0 saturated heterocycles. The molecule has 3 saturated carbocycles. The third kappa shape index (κ3) is 0.791. The first-order chi connectivity index (χ1) is 5.37. The van der Waals surface area contributed by atoms with E-state index in [0.717, 1.165) is 17.8 Å². The normalized spacial score (nSPS) is 48.2. The highest BCUT2D eigenvalue weighted by Gasteiger charge is 2.59. The van der Waals surface area contributed by atoms with Crippen molar-refractivity contribution in [1.82, 2.24) is 0 Å². The Kier molecular flexibility index (Phi) is 1.49. The molecule has 0 N–H and O–H groups in total. The first-order valence-corrected chi connectivity index (χ1v) is 5.37. The maximum absolute atomic E-state index is 2.47. The number of fused-ring (bicyclic) bond motifs is 2. The molecule has 70 valence electrons. The fraction of sp³-hybridized carbons (Fsp3) is 1.00. The van der Waals surface area contributed by atoms with Gasteiger partial charge in [0.25, 0.3) is 0 Å². The van der Waals surface area contributed by atoms with Gasteiger partial charge in [0.1, 0.15) is 0 Å². The van der Waals surface area contributed by atoms with Crippen molar-refractivity contribution >= 4 is 0 Å². The summed E-state index contributed by atoms with van der Waals surface area (Å²) < 4.78 is 0. The van der Waals surface area contributed by atoms with Crippen molar-refractivity contribution in [3.63, 3.8) is 0 Å². The summed E-state index contributed by atoms with van der Waals surface area (Å²) in [5.74, 6) is 2.96. The average molecular weight is 166 g/mol. The zero-order valence-corrected chi connectivity index (χ0v) is 9.15. The van der Waals surface area contributed by atoms with Crippen LogP contribution < -0.4 is 0 Å². The lowest BCUT2D eigenvalue weighted by Crippen LogP contribution is -2.58. The Bertz CT molecular complexity index is 200. The molecule has 0 heteroatoms. The summed E-state index contributed by atoms with van der Waals surface area (Å²) in [4.78, 5) is 0. The monoisotopic (exact) mass is 166 g/mol. The van der Waals surface area contributed by atoms with Gasteiger partial charge in [-0.15, -0.1) is 0 Å².